The molecule has 4 nitrogen and oxygen atoms in total. The highest BCUT2D eigenvalue weighted by atomic mass is 19.4. The van der Waals surface area contributed by atoms with E-state index >= 15 is 0 Å². The molecule has 2 atom stereocenters. The molecule has 140 valence electrons. The molecule has 3 rings (SSSR count). The van der Waals surface area contributed by atoms with Crippen LogP contribution in [0.1, 0.15) is 31.2 Å². The number of carbonyl (C=O) groups excluding carboxylic acids is 1. The molecule has 1 amide bonds. The van der Waals surface area contributed by atoms with Crippen molar-refractivity contribution in [1.29, 1.82) is 0 Å². The normalized spacial score (nSPS) is 20.7. The van der Waals surface area contributed by atoms with Gasteiger partial charge in [-0.25, -0.2) is 4.68 Å². The van der Waals surface area contributed by atoms with E-state index in [-0.39, 0.29) is 18.7 Å². The van der Waals surface area contributed by atoms with Crippen molar-refractivity contribution < 1.29 is 18.0 Å². The van der Waals surface area contributed by atoms with E-state index in [1.165, 1.54) is 0 Å². The summed E-state index contributed by atoms with van der Waals surface area (Å²) in [5.41, 5.74) is 1.91. The van der Waals surface area contributed by atoms with Crippen molar-refractivity contribution in [3.63, 3.8) is 0 Å². The maximum absolute atomic E-state index is 12.9. The number of aromatic nitrogens is 2. The second-order valence-electron chi connectivity index (χ2n) is 6.77. The molecule has 7 heteroatoms. The van der Waals surface area contributed by atoms with Crippen molar-refractivity contribution in [2.75, 3.05) is 6.54 Å². The molecule has 0 spiro atoms. The fourth-order valence-electron chi connectivity index (χ4n) is 3.41. The first-order valence-corrected chi connectivity index (χ1v) is 8.87. The minimum absolute atomic E-state index is 0.0960. The molecule has 2 aromatic rings. The third-order valence-corrected chi connectivity index (χ3v) is 4.88. The van der Waals surface area contributed by atoms with Crippen molar-refractivity contribution in [3.05, 3.63) is 48.3 Å². The third kappa shape index (κ3) is 4.65. The van der Waals surface area contributed by atoms with Crippen LogP contribution in [0, 0.1) is 11.8 Å². The number of carbonyl (C=O) groups is 1. The van der Waals surface area contributed by atoms with E-state index in [1.807, 2.05) is 36.5 Å². The summed E-state index contributed by atoms with van der Waals surface area (Å²) in [6.45, 7) is 0.395. The summed E-state index contributed by atoms with van der Waals surface area (Å²) < 4.78 is 40.3. The Morgan fingerprint density at radius 1 is 1.23 bits per heavy atom. The fourth-order valence-corrected chi connectivity index (χ4v) is 3.41. The number of hydrogen-bond donors (Lipinski definition) is 1. The highest BCUT2D eigenvalue weighted by Crippen LogP contribution is 2.39. The first kappa shape index (κ1) is 18.5. The van der Waals surface area contributed by atoms with Gasteiger partial charge in [0.15, 0.2) is 0 Å². The zero-order valence-corrected chi connectivity index (χ0v) is 14.4. The summed E-state index contributed by atoms with van der Waals surface area (Å²) in [5.74, 6) is -2.16. The largest absolute Gasteiger partial charge is 0.391 e. The SMILES string of the molecule is O=C(NCCc1cnn(-c2ccccc2)c1)C1CCCC(C(F)(F)F)C1. The van der Waals surface area contributed by atoms with Crippen LogP contribution in [-0.4, -0.2) is 28.4 Å². The van der Waals surface area contributed by atoms with Gasteiger partial charge in [0.2, 0.25) is 5.91 Å². The van der Waals surface area contributed by atoms with Crippen LogP contribution in [0.25, 0.3) is 5.69 Å². The highest BCUT2D eigenvalue weighted by molar-refractivity contribution is 5.78. The first-order valence-electron chi connectivity index (χ1n) is 8.87. The van der Waals surface area contributed by atoms with Crippen molar-refractivity contribution >= 4 is 5.91 Å². The first-order chi connectivity index (χ1) is 12.4. The van der Waals surface area contributed by atoms with E-state index in [2.05, 4.69) is 10.4 Å². The van der Waals surface area contributed by atoms with Crippen LogP contribution >= 0.6 is 0 Å². The Hall–Kier alpha value is -2.31. The number of alkyl halides is 3. The number of halogens is 3. The molecule has 26 heavy (non-hydrogen) atoms. The fraction of sp³-hybridized carbons (Fsp3) is 0.474. The maximum Gasteiger partial charge on any atom is 0.391 e. The molecule has 0 saturated heterocycles. The summed E-state index contributed by atoms with van der Waals surface area (Å²) in [7, 11) is 0. The molecule has 2 unspecified atom stereocenters. The van der Waals surface area contributed by atoms with Gasteiger partial charge >= 0.3 is 6.18 Å². The Kier molecular flexibility index (Phi) is 5.64. The lowest BCUT2D eigenvalue weighted by molar-refractivity contribution is -0.186. The Morgan fingerprint density at radius 2 is 2.00 bits per heavy atom. The molecule has 1 aliphatic carbocycles. The van der Waals surface area contributed by atoms with Crippen LogP contribution in [0.5, 0.6) is 0 Å². The summed E-state index contributed by atoms with van der Waals surface area (Å²) >= 11 is 0. The molecule has 1 aliphatic rings. The minimum atomic E-state index is -4.20. The molecule has 1 heterocycles. The molecular formula is C19H22F3N3O. The van der Waals surface area contributed by atoms with Crippen LogP contribution in [0.3, 0.4) is 0 Å². The van der Waals surface area contributed by atoms with Crippen molar-refractivity contribution in [3.8, 4) is 5.69 Å². The van der Waals surface area contributed by atoms with Gasteiger partial charge in [-0.3, -0.25) is 4.79 Å². The molecule has 1 aromatic heterocycles. The van der Waals surface area contributed by atoms with Crippen molar-refractivity contribution in [2.24, 2.45) is 11.8 Å². The third-order valence-electron chi connectivity index (χ3n) is 4.88. The van der Waals surface area contributed by atoms with Gasteiger partial charge in [-0.05, 0) is 43.4 Å². The number of amides is 1. The van der Waals surface area contributed by atoms with Crippen LogP contribution in [0.2, 0.25) is 0 Å². The van der Waals surface area contributed by atoms with Crippen molar-refractivity contribution in [1.82, 2.24) is 15.1 Å². The highest BCUT2D eigenvalue weighted by Gasteiger charge is 2.43. The van der Waals surface area contributed by atoms with Gasteiger partial charge in [-0.15, -0.1) is 0 Å². The van der Waals surface area contributed by atoms with Gasteiger partial charge in [0.05, 0.1) is 17.8 Å². The smallest absolute Gasteiger partial charge is 0.356 e. The van der Waals surface area contributed by atoms with Gasteiger partial charge in [0, 0.05) is 18.7 Å². The van der Waals surface area contributed by atoms with E-state index in [9.17, 15) is 18.0 Å². The summed E-state index contributed by atoms with van der Waals surface area (Å²) in [6, 6.07) is 9.67. The van der Waals surface area contributed by atoms with E-state index in [1.54, 1.807) is 10.9 Å². The second kappa shape index (κ2) is 7.93. The van der Waals surface area contributed by atoms with Crippen molar-refractivity contribution in [2.45, 2.75) is 38.3 Å². The predicted molar refractivity (Wildman–Crippen MR) is 91.8 cm³/mol. The van der Waals surface area contributed by atoms with Crippen LogP contribution < -0.4 is 5.32 Å². The lowest BCUT2D eigenvalue weighted by atomic mass is 9.80. The number of benzene rings is 1. The molecule has 1 aromatic carbocycles. The molecule has 1 saturated carbocycles. The lowest BCUT2D eigenvalue weighted by Gasteiger charge is -2.29. The van der Waals surface area contributed by atoms with Crippen LogP contribution in [0.4, 0.5) is 13.2 Å². The standard InChI is InChI=1S/C19H22F3N3O/c20-19(21,22)16-6-4-5-15(11-16)18(26)23-10-9-14-12-24-25(13-14)17-7-2-1-3-8-17/h1-3,7-8,12-13,15-16H,4-6,9-11H2,(H,23,26). The average Bonchev–Trinajstić information content (AvgIpc) is 3.11. The van der Waals surface area contributed by atoms with Crippen LogP contribution in [-0.2, 0) is 11.2 Å². The van der Waals surface area contributed by atoms with E-state index < -0.39 is 18.0 Å². The topological polar surface area (TPSA) is 46.9 Å². The van der Waals surface area contributed by atoms with E-state index in [0.717, 1.165) is 11.3 Å². The molecular weight excluding hydrogens is 343 g/mol. The van der Waals surface area contributed by atoms with Crippen LogP contribution in [0.15, 0.2) is 42.7 Å². The number of nitrogens with one attached hydrogen (secondary N) is 1. The number of rotatable bonds is 5. The average molecular weight is 365 g/mol. The van der Waals surface area contributed by atoms with Gasteiger partial charge in [0.25, 0.3) is 0 Å². The van der Waals surface area contributed by atoms with Gasteiger partial charge in [-0.1, -0.05) is 24.6 Å². The predicted octanol–water partition coefficient (Wildman–Crippen LogP) is 3.90. The summed E-state index contributed by atoms with van der Waals surface area (Å²) in [4.78, 5) is 12.2. The zero-order chi connectivity index (χ0) is 18.6. The Morgan fingerprint density at radius 3 is 2.73 bits per heavy atom. The number of hydrogen-bond acceptors (Lipinski definition) is 2. The Bertz CT molecular complexity index is 727. The Balaban J connectivity index is 1.48. The van der Waals surface area contributed by atoms with E-state index in [0.29, 0.717) is 25.8 Å². The quantitative estimate of drug-likeness (QED) is 0.874. The maximum atomic E-state index is 12.9. The zero-order valence-electron chi connectivity index (χ0n) is 14.4. The van der Waals surface area contributed by atoms with Gasteiger partial charge in [0.1, 0.15) is 0 Å². The summed E-state index contributed by atoms with van der Waals surface area (Å²) in [6.07, 6.45) is 1.03. The lowest BCUT2D eigenvalue weighted by Crippen LogP contribution is -2.38. The number of nitrogens with zero attached hydrogens (tertiary/aromatic N) is 2. The van der Waals surface area contributed by atoms with Gasteiger partial charge < -0.3 is 5.32 Å². The molecule has 1 fully saturated rings. The monoisotopic (exact) mass is 365 g/mol. The number of para-hydroxylation sites is 1. The minimum Gasteiger partial charge on any atom is -0.356 e. The Labute approximate surface area is 150 Å². The van der Waals surface area contributed by atoms with Gasteiger partial charge in [-0.2, -0.15) is 18.3 Å². The molecule has 1 N–H and O–H groups in total. The molecule has 0 aliphatic heterocycles. The molecule has 0 bridgehead atoms. The van der Waals surface area contributed by atoms with E-state index in [4.69, 9.17) is 0 Å². The second-order valence-corrected chi connectivity index (χ2v) is 6.77. The summed E-state index contributed by atoms with van der Waals surface area (Å²) in [5, 5.41) is 7.07. The molecule has 0 radical (unpaired) electrons.